The lowest BCUT2D eigenvalue weighted by Gasteiger charge is -2.36. The average molecular weight is 548 g/mol. The van der Waals surface area contributed by atoms with Gasteiger partial charge in [0.25, 0.3) is 5.91 Å². The Hall–Kier alpha value is -3.88. The van der Waals surface area contributed by atoms with Crippen LogP contribution in [0.5, 0.6) is 0 Å². The number of ether oxygens (including phenoxy) is 1. The first-order chi connectivity index (χ1) is 18.1. The van der Waals surface area contributed by atoms with Crippen molar-refractivity contribution < 1.29 is 33.5 Å². The van der Waals surface area contributed by atoms with E-state index in [0.717, 1.165) is 0 Å². The summed E-state index contributed by atoms with van der Waals surface area (Å²) in [7, 11) is 0. The van der Waals surface area contributed by atoms with Crippen LogP contribution in [0.25, 0.3) is 0 Å². The summed E-state index contributed by atoms with van der Waals surface area (Å²) in [5, 5.41) is 10.1. The third kappa shape index (κ3) is 9.74. The highest BCUT2D eigenvalue weighted by Gasteiger charge is 2.42. The van der Waals surface area contributed by atoms with Crippen molar-refractivity contribution in [1.82, 2.24) is 26.2 Å². The number of amides is 5. The van der Waals surface area contributed by atoms with Gasteiger partial charge in [0.1, 0.15) is 18.1 Å². The molecule has 1 rings (SSSR count). The van der Waals surface area contributed by atoms with Crippen LogP contribution in [0.2, 0.25) is 0 Å². The van der Waals surface area contributed by atoms with Crippen molar-refractivity contribution >= 4 is 35.5 Å². The molecule has 0 aromatic heterocycles. The molecule has 1 heterocycles. The first-order valence-electron chi connectivity index (χ1n) is 12.9. The van der Waals surface area contributed by atoms with Gasteiger partial charge in [-0.2, -0.15) is 0 Å². The molecule has 4 unspecified atom stereocenters. The Balaban J connectivity index is 2.99. The summed E-state index contributed by atoms with van der Waals surface area (Å²) in [5.41, 5.74) is -0.762. The maximum atomic E-state index is 13.6. The van der Waals surface area contributed by atoms with Crippen LogP contribution in [0, 0.1) is 23.7 Å². The third-order valence-electron chi connectivity index (χ3n) is 6.11. The van der Waals surface area contributed by atoms with E-state index in [9.17, 15) is 28.8 Å². The topological polar surface area (TPSA) is 163 Å². The van der Waals surface area contributed by atoms with Crippen molar-refractivity contribution in [3.63, 3.8) is 0 Å². The number of nitrogens with zero attached hydrogens (tertiary/aromatic N) is 1. The zero-order valence-electron chi connectivity index (χ0n) is 23.6. The number of rotatable bonds is 12. The van der Waals surface area contributed by atoms with Crippen molar-refractivity contribution in [3.8, 4) is 12.3 Å². The van der Waals surface area contributed by atoms with Crippen LogP contribution < -0.4 is 21.3 Å². The summed E-state index contributed by atoms with van der Waals surface area (Å²) in [6.07, 6.45) is 7.43. The number of terminal acetylenes is 1. The quantitative estimate of drug-likeness (QED) is 0.118. The van der Waals surface area contributed by atoms with Crippen molar-refractivity contribution in [2.24, 2.45) is 11.3 Å². The minimum Gasteiger partial charge on any atom is -0.451 e. The van der Waals surface area contributed by atoms with E-state index in [1.54, 1.807) is 34.6 Å². The van der Waals surface area contributed by atoms with Gasteiger partial charge < -0.3 is 30.9 Å². The lowest BCUT2D eigenvalue weighted by Crippen LogP contribution is -2.61. The lowest BCUT2D eigenvalue weighted by molar-refractivity contribution is -0.145. The van der Waals surface area contributed by atoms with E-state index in [2.05, 4.69) is 33.8 Å². The molecule has 5 amide bonds. The molecule has 0 saturated carbocycles. The molecule has 0 aromatic carbocycles. The SMILES string of the molecule is C#CCOC(=O)C(NC(=O)NC(C(=O)N1CCCC1C(=O)NC(C)C(=O)C(=O)NCC=C)C(C)(C)C)C(C)C. The van der Waals surface area contributed by atoms with Crippen LogP contribution in [-0.4, -0.2) is 84.3 Å². The highest BCUT2D eigenvalue weighted by atomic mass is 16.5. The molecule has 1 fully saturated rings. The number of esters is 1. The van der Waals surface area contributed by atoms with E-state index in [1.165, 1.54) is 17.9 Å². The first kappa shape index (κ1) is 33.1. The van der Waals surface area contributed by atoms with Crippen LogP contribution in [0.4, 0.5) is 4.79 Å². The summed E-state index contributed by atoms with van der Waals surface area (Å²) in [6, 6.07) is -4.80. The standard InChI is InChI=1S/C27H41N5O7/c1-9-13-28-23(35)20(33)17(5)29-22(34)18-12-11-14-32(18)24(36)21(27(6,7)8)31-26(38)30-19(16(3)4)25(37)39-15-10-2/h2,9,16-19,21H,1,11-15H2,3-8H3,(H,28,35)(H,29,34)(H2,30,31,38). The van der Waals surface area contributed by atoms with E-state index in [0.29, 0.717) is 12.8 Å². The Morgan fingerprint density at radius 1 is 1.10 bits per heavy atom. The monoisotopic (exact) mass is 547 g/mol. The summed E-state index contributed by atoms with van der Waals surface area (Å²) in [4.78, 5) is 77.4. The number of urea groups is 1. The van der Waals surface area contributed by atoms with E-state index in [4.69, 9.17) is 11.2 Å². The Kier molecular flexibility index (Phi) is 12.7. The summed E-state index contributed by atoms with van der Waals surface area (Å²) in [5.74, 6) is -1.58. The Morgan fingerprint density at radius 3 is 2.28 bits per heavy atom. The molecule has 1 aliphatic heterocycles. The Labute approximate surface area is 230 Å². The van der Waals surface area contributed by atoms with Gasteiger partial charge in [-0.25, -0.2) is 9.59 Å². The highest BCUT2D eigenvalue weighted by molar-refractivity contribution is 6.38. The van der Waals surface area contributed by atoms with Gasteiger partial charge in [0.15, 0.2) is 6.61 Å². The molecular weight excluding hydrogens is 506 g/mol. The smallest absolute Gasteiger partial charge is 0.329 e. The molecule has 0 aliphatic carbocycles. The van der Waals surface area contributed by atoms with Gasteiger partial charge in [-0.1, -0.05) is 46.6 Å². The zero-order valence-corrected chi connectivity index (χ0v) is 23.6. The van der Waals surface area contributed by atoms with Gasteiger partial charge in [0, 0.05) is 13.1 Å². The van der Waals surface area contributed by atoms with Gasteiger partial charge in [-0.05, 0) is 31.1 Å². The molecule has 12 nitrogen and oxygen atoms in total. The molecule has 0 bridgehead atoms. The van der Waals surface area contributed by atoms with Crippen LogP contribution in [0.1, 0.15) is 54.4 Å². The number of nitrogens with one attached hydrogen (secondary N) is 4. The Bertz CT molecular complexity index is 995. The molecule has 0 aromatic rings. The van der Waals surface area contributed by atoms with E-state index < -0.39 is 65.1 Å². The average Bonchev–Trinajstić information content (AvgIpc) is 3.36. The van der Waals surface area contributed by atoms with Crippen molar-refractivity contribution in [2.75, 3.05) is 19.7 Å². The maximum Gasteiger partial charge on any atom is 0.329 e. The van der Waals surface area contributed by atoms with Gasteiger partial charge in [0.2, 0.25) is 17.6 Å². The van der Waals surface area contributed by atoms with Gasteiger partial charge >= 0.3 is 12.0 Å². The van der Waals surface area contributed by atoms with Crippen LogP contribution in [0.3, 0.4) is 0 Å². The molecule has 39 heavy (non-hydrogen) atoms. The van der Waals surface area contributed by atoms with E-state index in [1.807, 2.05) is 0 Å². The summed E-state index contributed by atoms with van der Waals surface area (Å²) >= 11 is 0. The summed E-state index contributed by atoms with van der Waals surface area (Å²) < 4.78 is 4.95. The third-order valence-corrected chi connectivity index (χ3v) is 6.11. The fourth-order valence-electron chi connectivity index (χ4n) is 3.96. The molecule has 4 N–H and O–H groups in total. The maximum absolute atomic E-state index is 13.6. The highest BCUT2D eigenvalue weighted by Crippen LogP contribution is 2.26. The second-order valence-corrected chi connectivity index (χ2v) is 10.7. The second kappa shape index (κ2) is 14.9. The molecule has 4 atom stereocenters. The fourth-order valence-corrected chi connectivity index (χ4v) is 3.96. The number of hydrogen-bond acceptors (Lipinski definition) is 7. The van der Waals surface area contributed by atoms with E-state index in [-0.39, 0.29) is 25.6 Å². The molecule has 1 saturated heterocycles. The molecule has 12 heteroatoms. The van der Waals surface area contributed by atoms with Crippen molar-refractivity contribution in [1.29, 1.82) is 0 Å². The second-order valence-electron chi connectivity index (χ2n) is 10.7. The number of hydrogen-bond donors (Lipinski definition) is 4. The number of ketones is 1. The normalized spacial score (nSPS) is 17.2. The predicted molar refractivity (Wildman–Crippen MR) is 144 cm³/mol. The molecule has 216 valence electrons. The van der Waals surface area contributed by atoms with Crippen molar-refractivity contribution in [3.05, 3.63) is 12.7 Å². The summed E-state index contributed by atoms with van der Waals surface area (Å²) in [6.45, 7) is 13.7. The van der Waals surface area contributed by atoms with Gasteiger partial charge in [-0.3, -0.25) is 19.2 Å². The number of carbonyl (C=O) groups is 6. The molecule has 1 aliphatic rings. The minimum atomic E-state index is -1.11. The number of carbonyl (C=O) groups excluding carboxylic acids is 6. The van der Waals surface area contributed by atoms with Crippen LogP contribution in [-0.2, 0) is 28.7 Å². The van der Waals surface area contributed by atoms with Gasteiger partial charge in [0.05, 0.1) is 6.04 Å². The Morgan fingerprint density at radius 2 is 1.74 bits per heavy atom. The lowest BCUT2D eigenvalue weighted by atomic mass is 9.85. The number of likely N-dealkylation sites (tertiary alicyclic amines) is 1. The zero-order chi connectivity index (χ0) is 29.9. The van der Waals surface area contributed by atoms with E-state index >= 15 is 0 Å². The minimum absolute atomic E-state index is 0.106. The van der Waals surface area contributed by atoms with Gasteiger partial charge in [-0.15, -0.1) is 13.0 Å². The molecule has 0 spiro atoms. The first-order valence-corrected chi connectivity index (χ1v) is 12.9. The molecular formula is C27H41N5O7. The predicted octanol–water partition coefficient (Wildman–Crippen LogP) is 0.268. The molecule has 0 radical (unpaired) electrons. The number of Topliss-reactive ketones (excluding diaryl/α,β-unsaturated/α-hetero) is 1. The van der Waals surface area contributed by atoms with Crippen molar-refractivity contribution in [2.45, 2.75) is 78.6 Å². The largest absolute Gasteiger partial charge is 0.451 e. The van der Waals surface area contributed by atoms with Crippen LogP contribution >= 0.6 is 0 Å². The van der Waals surface area contributed by atoms with Crippen LogP contribution in [0.15, 0.2) is 12.7 Å². The fraction of sp³-hybridized carbons (Fsp3) is 0.630.